The van der Waals surface area contributed by atoms with Crippen molar-refractivity contribution in [1.29, 1.82) is 0 Å². The summed E-state index contributed by atoms with van der Waals surface area (Å²) in [5, 5.41) is 3.02. The smallest absolute Gasteiger partial charge is 0.251 e. The summed E-state index contributed by atoms with van der Waals surface area (Å²) in [4.78, 5) is 19.2. The molecule has 0 spiro atoms. The third-order valence-corrected chi connectivity index (χ3v) is 5.60. The molecule has 1 amide bonds. The number of amides is 1. The minimum absolute atomic E-state index is 0.0459. The normalized spacial score (nSPS) is 14.0. The van der Waals surface area contributed by atoms with E-state index in [9.17, 15) is 4.79 Å². The number of piperidine rings is 1. The molecule has 0 unspecified atom stereocenters. The predicted molar refractivity (Wildman–Crippen MR) is 116 cm³/mol. The Hall–Kier alpha value is -3.08. The Labute approximate surface area is 172 Å². The van der Waals surface area contributed by atoms with Crippen LogP contribution >= 0.6 is 0 Å². The molecule has 0 saturated carbocycles. The number of benzene rings is 2. The number of nitrogens with one attached hydrogen (secondary N) is 1. The average Bonchev–Trinajstić information content (AvgIpc) is 3.18. The van der Waals surface area contributed by atoms with E-state index in [1.807, 2.05) is 37.4 Å². The first kappa shape index (κ1) is 19.2. The van der Waals surface area contributed by atoms with E-state index in [-0.39, 0.29) is 5.91 Å². The molecule has 5 nitrogen and oxygen atoms in total. The Morgan fingerprint density at radius 2 is 1.66 bits per heavy atom. The molecule has 0 aliphatic carbocycles. The molecular weight excluding hydrogens is 360 g/mol. The Morgan fingerprint density at radius 1 is 0.966 bits per heavy atom. The summed E-state index contributed by atoms with van der Waals surface area (Å²) in [6, 6.07) is 16.3. The molecule has 1 fully saturated rings. The van der Waals surface area contributed by atoms with Crippen LogP contribution in [0.1, 0.15) is 46.6 Å². The number of nitrogens with zero attached hydrogens (tertiary/aromatic N) is 3. The maximum absolute atomic E-state index is 12.5. The summed E-state index contributed by atoms with van der Waals surface area (Å²) in [5.74, 6) is 0.939. The molecule has 4 rings (SSSR count). The van der Waals surface area contributed by atoms with Gasteiger partial charge in [-0.15, -0.1) is 0 Å². The van der Waals surface area contributed by atoms with Crippen LogP contribution in [0, 0.1) is 6.92 Å². The second kappa shape index (κ2) is 8.95. The molecule has 0 bridgehead atoms. The van der Waals surface area contributed by atoms with Crippen LogP contribution in [0.15, 0.2) is 60.9 Å². The lowest BCUT2D eigenvalue weighted by atomic mass is 10.1. The van der Waals surface area contributed by atoms with E-state index in [1.54, 1.807) is 6.20 Å². The topological polar surface area (TPSA) is 50.2 Å². The maximum Gasteiger partial charge on any atom is 0.251 e. The van der Waals surface area contributed by atoms with Gasteiger partial charge in [0.1, 0.15) is 5.82 Å². The van der Waals surface area contributed by atoms with Crippen molar-refractivity contribution in [3.63, 3.8) is 0 Å². The summed E-state index contributed by atoms with van der Waals surface area (Å²) in [6.07, 6.45) is 7.66. The van der Waals surface area contributed by atoms with E-state index in [0.717, 1.165) is 36.6 Å². The Morgan fingerprint density at radius 3 is 2.31 bits per heavy atom. The molecule has 0 radical (unpaired) electrons. The van der Waals surface area contributed by atoms with Crippen LogP contribution in [-0.2, 0) is 13.1 Å². The van der Waals surface area contributed by atoms with Crippen LogP contribution in [0.2, 0.25) is 0 Å². The zero-order valence-electron chi connectivity index (χ0n) is 17.0. The Bertz CT molecular complexity index is 938. The lowest BCUT2D eigenvalue weighted by molar-refractivity contribution is 0.0951. The van der Waals surface area contributed by atoms with Gasteiger partial charge < -0.3 is 14.8 Å². The lowest BCUT2D eigenvalue weighted by Gasteiger charge is -2.28. The fraction of sp³-hybridized carbons (Fsp3) is 0.333. The van der Waals surface area contributed by atoms with Gasteiger partial charge in [-0.1, -0.05) is 24.3 Å². The monoisotopic (exact) mass is 388 g/mol. The highest BCUT2D eigenvalue weighted by Crippen LogP contribution is 2.20. The molecule has 1 saturated heterocycles. The molecule has 150 valence electrons. The summed E-state index contributed by atoms with van der Waals surface area (Å²) in [5.41, 5.74) is 4.23. The fourth-order valence-electron chi connectivity index (χ4n) is 3.79. The predicted octanol–water partition coefficient (Wildman–Crippen LogP) is 4.16. The SMILES string of the molecule is Cc1nccn1Cc1ccc(C(=O)NCc2ccc(N3CCCCC3)cc2)cc1. The number of rotatable bonds is 6. The third kappa shape index (κ3) is 4.86. The molecule has 5 heteroatoms. The number of imidazole rings is 1. The second-order valence-corrected chi connectivity index (χ2v) is 7.70. The van der Waals surface area contributed by atoms with E-state index >= 15 is 0 Å². The molecule has 1 aliphatic heterocycles. The van der Waals surface area contributed by atoms with Crippen LogP contribution in [0.5, 0.6) is 0 Å². The number of anilines is 1. The molecule has 1 N–H and O–H groups in total. The third-order valence-electron chi connectivity index (χ3n) is 5.60. The van der Waals surface area contributed by atoms with Crippen LogP contribution in [0.25, 0.3) is 0 Å². The second-order valence-electron chi connectivity index (χ2n) is 7.70. The van der Waals surface area contributed by atoms with Crippen molar-refractivity contribution in [2.45, 2.75) is 39.3 Å². The highest BCUT2D eigenvalue weighted by Gasteiger charge is 2.11. The molecule has 29 heavy (non-hydrogen) atoms. The highest BCUT2D eigenvalue weighted by molar-refractivity contribution is 5.94. The standard InChI is InChI=1S/C24H28N4O/c1-19-25-13-16-28(19)18-21-5-9-22(10-6-21)24(29)26-17-20-7-11-23(12-8-20)27-14-3-2-4-15-27/h5-13,16H,2-4,14-15,17-18H2,1H3,(H,26,29). The van der Waals surface area contributed by atoms with Crippen molar-refractivity contribution in [2.24, 2.45) is 0 Å². The molecule has 2 heterocycles. The molecule has 1 aromatic heterocycles. The van der Waals surface area contributed by atoms with Gasteiger partial charge >= 0.3 is 0 Å². The lowest BCUT2D eigenvalue weighted by Crippen LogP contribution is -2.29. The average molecular weight is 389 g/mol. The quantitative estimate of drug-likeness (QED) is 0.690. The zero-order valence-corrected chi connectivity index (χ0v) is 17.0. The summed E-state index contributed by atoms with van der Waals surface area (Å²) < 4.78 is 2.09. The van der Waals surface area contributed by atoms with E-state index in [2.05, 4.69) is 44.0 Å². The van der Waals surface area contributed by atoms with E-state index in [4.69, 9.17) is 0 Å². The molecule has 2 aromatic carbocycles. The zero-order chi connectivity index (χ0) is 20.1. The van der Waals surface area contributed by atoms with Crippen LogP contribution < -0.4 is 10.2 Å². The Balaban J connectivity index is 1.30. The van der Waals surface area contributed by atoms with Crippen molar-refractivity contribution >= 4 is 11.6 Å². The summed E-state index contributed by atoms with van der Waals surface area (Å²) in [7, 11) is 0. The first-order chi connectivity index (χ1) is 14.2. The summed E-state index contributed by atoms with van der Waals surface area (Å²) in [6.45, 7) is 5.58. The van der Waals surface area contributed by atoms with Gasteiger partial charge in [-0.05, 0) is 61.6 Å². The fourth-order valence-corrected chi connectivity index (χ4v) is 3.79. The number of carbonyl (C=O) groups excluding carboxylic acids is 1. The van der Waals surface area contributed by atoms with Gasteiger partial charge in [-0.2, -0.15) is 0 Å². The van der Waals surface area contributed by atoms with E-state index in [1.165, 1.54) is 24.9 Å². The first-order valence-electron chi connectivity index (χ1n) is 10.4. The number of carbonyl (C=O) groups is 1. The van der Waals surface area contributed by atoms with Gasteiger partial charge in [-0.3, -0.25) is 4.79 Å². The molecular formula is C24H28N4O. The van der Waals surface area contributed by atoms with Gasteiger partial charge in [0.25, 0.3) is 5.91 Å². The minimum atomic E-state index is -0.0459. The molecule has 3 aromatic rings. The van der Waals surface area contributed by atoms with Crippen LogP contribution in [0.4, 0.5) is 5.69 Å². The van der Waals surface area contributed by atoms with E-state index in [0.29, 0.717) is 12.1 Å². The molecule has 1 aliphatic rings. The van der Waals surface area contributed by atoms with Gasteiger partial charge in [-0.25, -0.2) is 4.98 Å². The molecule has 0 atom stereocenters. The van der Waals surface area contributed by atoms with Crippen molar-refractivity contribution < 1.29 is 4.79 Å². The van der Waals surface area contributed by atoms with Crippen LogP contribution in [-0.4, -0.2) is 28.5 Å². The van der Waals surface area contributed by atoms with Crippen molar-refractivity contribution in [1.82, 2.24) is 14.9 Å². The van der Waals surface area contributed by atoms with Gasteiger partial charge in [0.05, 0.1) is 0 Å². The minimum Gasteiger partial charge on any atom is -0.372 e. The van der Waals surface area contributed by atoms with E-state index < -0.39 is 0 Å². The van der Waals surface area contributed by atoms with Crippen molar-refractivity contribution in [3.05, 3.63) is 83.4 Å². The number of aromatic nitrogens is 2. The van der Waals surface area contributed by atoms with Gasteiger partial charge in [0.2, 0.25) is 0 Å². The van der Waals surface area contributed by atoms with Crippen molar-refractivity contribution in [3.8, 4) is 0 Å². The largest absolute Gasteiger partial charge is 0.372 e. The maximum atomic E-state index is 12.5. The van der Waals surface area contributed by atoms with Crippen molar-refractivity contribution in [2.75, 3.05) is 18.0 Å². The van der Waals surface area contributed by atoms with Crippen LogP contribution in [0.3, 0.4) is 0 Å². The number of hydrogen-bond acceptors (Lipinski definition) is 3. The van der Waals surface area contributed by atoms with Gasteiger partial charge in [0.15, 0.2) is 0 Å². The van der Waals surface area contributed by atoms with Gasteiger partial charge in [0, 0.05) is 49.8 Å². The highest BCUT2D eigenvalue weighted by atomic mass is 16.1. The first-order valence-corrected chi connectivity index (χ1v) is 10.4. The summed E-state index contributed by atoms with van der Waals surface area (Å²) >= 11 is 0. The number of aryl methyl sites for hydroxylation is 1. The Kier molecular flexibility index (Phi) is 5.94. The number of hydrogen-bond donors (Lipinski definition) is 1.